The Morgan fingerprint density at radius 3 is 2.78 bits per heavy atom. The molecule has 1 aromatic carbocycles. The largest absolute Gasteiger partial charge is 0.497 e. The van der Waals surface area contributed by atoms with Crippen LogP contribution in [-0.2, 0) is 0 Å². The highest BCUT2D eigenvalue weighted by molar-refractivity contribution is 9.10. The minimum atomic E-state index is 0.470. The normalized spacial score (nSPS) is 16.6. The molecule has 0 amide bonds. The second kappa shape index (κ2) is 6.58. The molecule has 18 heavy (non-hydrogen) atoms. The van der Waals surface area contributed by atoms with Crippen LogP contribution < -0.4 is 10.1 Å². The molecule has 0 heterocycles. The Morgan fingerprint density at radius 2 is 2.22 bits per heavy atom. The van der Waals surface area contributed by atoms with Crippen molar-refractivity contribution in [1.29, 1.82) is 0 Å². The second-order valence-electron chi connectivity index (χ2n) is 5.07. The Bertz CT molecular complexity index is 390. The first-order valence-corrected chi connectivity index (χ1v) is 7.60. The van der Waals surface area contributed by atoms with E-state index in [-0.39, 0.29) is 0 Å². The van der Waals surface area contributed by atoms with Gasteiger partial charge >= 0.3 is 0 Å². The molecular formula is C15H22BrNO. The Balaban J connectivity index is 2.11. The Labute approximate surface area is 118 Å². The Kier molecular flexibility index (Phi) is 5.07. The summed E-state index contributed by atoms with van der Waals surface area (Å²) in [6.45, 7) is 3.29. The van der Waals surface area contributed by atoms with Gasteiger partial charge in [-0.15, -0.1) is 0 Å². The van der Waals surface area contributed by atoms with Gasteiger partial charge in [-0.3, -0.25) is 0 Å². The summed E-state index contributed by atoms with van der Waals surface area (Å²) in [4.78, 5) is 0. The van der Waals surface area contributed by atoms with E-state index in [9.17, 15) is 0 Å². The van der Waals surface area contributed by atoms with Gasteiger partial charge in [-0.05, 0) is 43.0 Å². The minimum Gasteiger partial charge on any atom is -0.497 e. The Hall–Kier alpha value is -0.540. The highest BCUT2D eigenvalue weighted by atomic mass is 79.9. The van der Waals surface area contributed by atoms with Gasteiger partial charge in [-0.2, -0.15) is 0 Å². The van der Waals surface area contributed by atoms with Gasteiger partial charge < -0.3 is 10.1 Å². The van der Waals surface area contributed by atoms with E-state index in [1.807, 2.05) is 6.07 Å². The number of nitrogens with one attached hydrogen (secondary N) is 1. The smallest absolute Gasteiger partial charge is 0.120 e. The van der Waals surface area contributed by atoms with Crippen LogP contribution in [-0.4, -0.2) is 13.7 Å². The van der Waals surface area contributed by atoms with Gasteiger partial charge in [0.05, 0.1) is 7.11 Å². The van der Waals surface area contributed by atoms with Crippen molar-refractivity contribution in [3.05, 3.63) is 28.2 Å². The molecule has 0 aliphatic heterocycles. The van der Waals surface area contributed by atoms with E-state index in [1.165, 1.54) is 31.2 Å². The summed E-state index contributed by atoms with van der Waals surface area (Å²) in [5.74, 6) is 1.83. The molecule has 1 aliphatic carbocycles. The van der Waals surface area contributed by atoms with Gasteiger partial charge in [-0.1, -0.05) is 41.8 Å². The summed E-state index contributed by atoms with van der Waals surface area (Å²) >= 11 is 3.67. The molecule has 1 fully saturated rings. The molecule has 0 saturated heterocycles. The third-order valence-corrected chi connectivity index (χ3v) is 4.18. The van der Waals surface area contributed by atoms with Crippen LogP contribution in [0.3, 0.4) is 0 Å². The van der Waals surface area contributed by atoms with Gasteiger partial charge in [0.2, 0.25) is 0 Å². The van der Waals surface area contributed by atoms with Crippen molar-refractivity contribution in [3.8, 4) is 5.75 Å². The standard InChI is InChI=1S/C15H22BrNO/c1-3-8-17-15(9-11-4-5-11)13-7-6-12(18-2)10-14(13)16/h6-7,10-11,15,17H,3-5,8-9H2,1-2H3. The van der Waals surface area contributed by atoms with Crippen LogP contribution in [0.1, 0.15) is 44.2 Å². The maximum atomic E-state index is 5.25. The first-order valence-electron chi connectivity index (χ1n) is 6.81. The van der Waals surface area contributed by atoms with Crippen molar-refractivity contribution in [3.63, 3.8) is 0 Å². The van der Waals surface area contributed by atoms with Crippen molar-refractivity contribution in [2.75, 3.05) is 13.7 Å². The molecule has 1 unspecified atom stereocenters. The number of methoxy groups -OCH3 is 1. The molecule has 2 nitrogen and oxygen atoms in total. The topological polar surface area (TPSA) is 21.3 Å². The number of hydrogen-bond acceptors (Lipinski definition) is 2. The van der Waals surface area contributed by atoms with E-state index in [0.717, 1.165) is 22.7 Å². The monoisotopic (exact) mass is 311 g/mol. The van der Waals surface area contributed by atoms with E-state index < -0.39 is 0 Å². The van der Waals surface area contributed by atoms with Crippen molar-refractivity contribution in [2.24, 2.45) is 5.92 Å². The third-order valence-electron chi connectivity index (χ3n) is 3.49. The zero-order valence-electron chi connectivity index (χ0n) is 11.2. The molecule has 2 rings (SSSR count). The van der Waals surface area contributed by atoms with E-state index in [4.69, 9.17) is 4.74 Å². The molecule has 0 bridgehead atoms. The summed E-state index contributed by atoms with van der Waals surface area (Å²) in [5.41, 5.74) is 1.36. The summed E-state index contributed by atoms with van der Waals surface area (Å²) in [6, 6.07) is 6.76. The highest BCUT2D eigenvalue weighted by Crippen LogP contribution is 2.39. The predicted octanol–water partition coefficient (Wildman–Crippen LogP) is 4.30. The van der Waals surface area contributed by atoms with Crippen molar-refractivity contribution in [2.45, 2.75) is 38.6 Å². The van der Waals surface area contributed by atoms with Crippen molar-refractivity contribution >= 4 is 15.9 Å². The van der Waals surface area contributed by atoms with E-state index in [2.05, 4.69) is 40.3 Å². The van der Waals surface area contributed by atoms with Crippen LogP contribution in [0.2, 0.25) is 0 Å². The summed E-state index contributed by atoms with van der Waals surface area (Å²) in [5, 5.41) is 3.66. The molecule has 1 atom stereocenters. The fraction of sp³-hybridized carbons (Fsp3) is 0.600. The predicted molar refractivity (Wildman–Crippen MR) is 79.1 cm³/mol. The zero-order chi connectivity index (χ0) is 13.0. The van der Waals surface area contributed by atoms with E-state index in [1.54, 1.807) is 7.11 Å². The molecule has 1 N–H and O–H groups in total. The Morgan fingerprint density at radius 1 is 1.44 bits per heavy atom. The first kappa shape index (κ1) is 13.9. The van der Waals surface area contributed by atoms with Gasteiger partial charge in [0.25, 0.3) is 0 Å². The summed E-state index contributed by atoms with van der Waals surface area (Å²) in [6.07, 6.45) is 5.23. The van der Waals surface area contributed by atoms with E-state index in [0.29, 0.717) is 6.04 Å². The number of hydrogen-bond donors (Lipinski definition) is 1. The molecule has 100 valence electrons. The molecular weight excluding hydrogens is 290 g/mol. The van der Waals surface area contributed by atoms with Crippen molar-refractivity contribution < 1.29 is 4.74 Å². The summed E-state index contributed by atoms with van der Waals surface area (Å²) < 4.78 is 6.40. The zero-order valence-corrected chi connectivity index (χ0v) is 12.8. The van der Waals surface area contributed by atoms with Gasteiger partial charge in [-0.25, -0.2) is 0 Å². The molecule has 0 spiro atoms. The molecule has 3 heteroatoms. The number of halogens is 1. The van der Waals surface area contributed by atoms with Gasteiger partial charge in [0, 0.05) is 10.5 Å². The molecule has 0 radical (unpaired) electrons. The molecule has 1 saturated carbocycles. The van der Waals surface area contributed by atoms with Gasteiger partial charge in [0.1, 0.15) is 5.75 Å². The van der Waals surface area contributed by atoms with Crippen molar-refractivity contribution in [1.82, 2.24) is 5.32 Å². The minimum absolute atomic E-state index is 0.470. The fourth-order valence-corrected chi connectivity index (χ4v) is 2.88. The lowest BCUT2D eigenvalue weighted by molar-refractivity contribution is 0.413. The molecule has 0 aromatic heterocycles. The SMILES string of the molecule is CCCNC(CC1CC1)c1ccc(OC)cc1Br. The number of benzene rings is 1. The molecule has 1 aliphatic rings. The quantitative estimate of drug-likeness (QED) is 0.810. The third kappa shape index (κ3) is 3.72. The highest BCUT2D eigenvalue weighted by Gasteiger charge is 2.26. The first-order chi connectivity index (χ1) is 8.74. The maximum Gasteiger partial charge on any atom is 0.120 e. The van der Waals surface area contributed by atoms with Crippen LogP contribution in [0.5, 0.6) is 5.75 Å². The molecule has 1 aromatic rings. The van der Waals surface area contributed by atoms with Gasteiger partial charge in [0.15, 0.2) is 0 Å². The lowest BCUT2D eigenvalue weighted by Gasteiger charge is -2.20. The maximum absolute atomic E-state index is 5.25. The fourth-order valence-electron chi connectivity index (χ4n) is 2.24. The average Bonchev–Trinajstić information content (AvgIpc) is 3.18. The van der Waals surface area contributed by atoms with Crippen LogP contribution in [0, 0.1) is 5.92 Å². The average molecular weight is 312 g/mol. The van der Waals surface area contributed by atoms with Crippen LogP contribution in [0.15, 0.2) is 22.7 Å². The lowest BCUT2D eigenvalue weighted by Crippen LogP contribution is -2.23. The second-order valence-corrected chi connectivity index (χ2v) is 5.93. The lowest BCUT2D eigenvalue weighted by atomic mass is 10.0. The number of ether oxygens (including phenoxy) is 1. The van der Waals surface area contributed by atoms with Crippen LogP contribution >= 0.6 is 15.9 Å². The van der Waals surface area contributed by atoms with E-state index >= 15 is 0 Å². The van der Waals surface area contributed by atoms with Crippen LogP contribution in [0.4, 0.5) is 0 Å². The number of rotatable bonds is 7. The van der Waals surface area contributed by atoms with Crippen LogP contribution in [0.25, 0.3) is 0 Å². The summed E-state index contributed by atoms with van der Waals surface area (Å²) in [7, 11) is 1.71.